The standard InChI is InChI=1S/C8H10O5S/c1-5-3-6(9)7(13-2)4-8(5)14(10,11)12/h3-4,9H,1-2H3,(H,10,11,12). The molecule has 0 aliphatic carbocycles. The zero-order chi connectivity index (χ0) is 10.9. The van der Waals surface area contributed by atoms with E-state index in [9.17, 15) is 13.5 Å². The lowest BCUT2D eigenvalue weighted by molar-refractivity contribution is 0.371. The van der Waals surface area contributed by atoms with Gasteiger partial charge in [-0.15, -0.1) is 0 Å². The zero-order valence-corrected chi connectivity index (χ0v) is 8.50. The van der Waals surface area contributed by atoms with Gasteiger partial charge in [0.25, 0.3) is 10.1 Å². The van der Waals surface area contributed by atoms with Crippen molar-refractivity contribution in [3.63, 3.8) is 0 Å². The first kappa shape index (κ1) is 10.8. The van der Waals surface area contributed by atoms with E-state index >= 15 is 0 Å². The second-order valence-electron chi connectivity index (χ2n) is 2.76. The summed E-state index contributed by atoms with van der Waals surface area (Å²) >= 11 is 0. The van der Waals surface area contributed by atoms with Crippen molar-refractivity contribution in [3.8, 4) is 11.5 Å². The first-order chi connectivity index (χ1) is 6.36. The molecule has 0 spiro atoms. The van der Waals surface area contributed by atoms with Crippen LogP contribution in [0.1, 0.15) is 5.56 Å². The highest BCUT2D eigenvalue weighted by atomic mass is 32.2. The van der Waals surface area contributed by atoms with Crippen molar-refractivity contribution in [3.05, 3.63) is 17.7 Å². The Morgan fingerprint density at radius 3 is 2.36 bits per heavy atom. The number of ether oxygens (including phenoxy) is 1. The average Bonchev–Trinajstić information content (AvgIpc) is 2.02. The SMILES string of the molecule is COc1cc(S(=O)(=O)O)c(C)cc1O. The van der Waals surface area contributed by atoms with Gasteiger partial charge >= 0.3 is 0 Å². The molecule has 1 aromatic rings. The van der Waals surface area contributed by atoms with E-state index in [4.69, 9.17) is 9.29 Å². The van der Waals surface area contributed by atoms with E-state index in [0.29, 0.717) is 0 Å². The van der Waals surface area contributed by atoms with E-state index in [-0.39, 0.29) is 22.0 Å². The van der Waals surface area contributed by atoms with Crippen LogP contribution in [-0.4, -0.2) is 25.2 Å². The van der Waals surface area contributed by atoms with Crippen LogP contribution in [0.25, 0.3) is 0 Å². The molecule has 0 radical (unpaired) electrons. The maximum atomic E-state index is 10.9. The van der Waals surface area contributed by atoms with E-state index in [1.54, 1.807) is 0 Å². The molecule has 0 aromatic heterocycles. The fourth-order valence-electron chi connectivity index (χ4n) is 1.10. The number of phenols is 1. The maximum Gasteiger partial charge on any atom is 0.294 e. The normalized spacial score (nSPS) is 11.4. The minimum absolute atomic E-state index is 0.00299. The van der Waals surface area contributed by atoms with E-state index in [0.717, 1.165) is 6.07 Å². The summed E-state index contributed by atoms with van der Waals surface area (Å²) in [6.07, 6.45) is 0. The number of aryl methyl sites for hydroxylation is 1. The first-order valence-corrected chi connectivity index (χ1v) is 5.15. The monoisotopic (exact) mass is 218 g/mol. The molecule has 14 heavy (non-hydrogen) atoms. The van der Waals surface area contributed by atoms with Crippen molar-refractivity contribution in [2.75, 3.05) is 7.11 Å². The molecule has 0 saturated carbocycles. The van der Waals surface area contributed by atoms with Crippen LogP contribution in [-0.2, 0) is 10.1 Å². The van der Waals surface area contributed by atoms with Crippen LogP contribution in [0, 0.1) is 6.92 Å². The van der Waals surface area contributed by atoms with E-state index < -0.39 is 10.1 Å². The summed E-state index contributed by atoms with van der Waals surface area (Å²) in [5.41, 5.74) is 0.255. The summed E-state index contributed by atoms with van der Waals surface area (Å²) < 4.78 is 35.2. The number of hydrogen-bond donors (Lipinski definition) is 2. The lowest BCUT2D eigenvalue weighted by atomic mass is 10.2. The molecule has 0 amide bonds. The number of methoxy groups -OCH3 is 1. The Hall–Kier alpha value is -1.27. The molecule has 0 saturated heterocycles. The highest BCUT2D eigenvalue weighted by molar-refractivity contribution is 7.85. The van der Waals surface area contributed by atoms with Crippen molar-refractivity contribution < 1.29 is 22.8 Å². The predicted molar refractivity (Wildman–Crippen MR) is 49.2 cm³/mol. The number of benzene rings is 1. The van der Waals surface area contributed by atoms with Crippen molar-refractivity contribution in [1.82, 2.24) is 0 Å². The zero-order valence-electron chi connectivity index (χ0n) is 7.68. The molecule has 2 N–H and O–H groups in total. The molecule has 0 heterocycles. The summed E-state index contributed by atoms with van der Waals surface area (Å²) in [7, 11) is -2.98. The highest BCUT2D eigenvalue weighted by Crippen LogP contribution is 2.31. The van der Waals surface area contributed by atoms with Gasteiger partial charge in [0.1, 0.15) is 4.90 Å². The van der Waals surface area contributed by atoms with E-state index in [2.05, 4.69) is 0 Å². The second kappa shape index (κ2) is 3.47. The Morgan fingerprint density at radius 2 is 1.93 bits per heavy atom. The molecule has 0 bridgehead atoms. The lowest BCUT2D eigenvalue weighted by Gasteiger charge is -2.07. The molecule has 0 aliphatic heterocycles. The molecular formula is C8H10O5S. The molecule has 0 aliphatic rings. The van der Waals surface area contributed by atoms with Crippen LogP contribution in [0.3, 0.4) is 0 Å². The highest BCUT2D eigenvalue weighted by Gasteiger charge is 2.16. The quantitative estimate of drug-likeness (QED) is 0.722. The Labute approximate surface area is 81.7 Å². The van der Waals surface area contributed by atoms with Crippen LogP contribution < -0.4 is 4.74 Å². The Bertz CT molecular complexity index is 449. The molecule has 78 valence electrons. The topological polar surface area (TPSA) is 83.8 Å². The third-order valence-corrected chi connectivity index (χ3v) is 2.75. The van der Waals surface area contributed by atoms with Gasteiger partial charge in [0.2, 0.25) is 0 Å². The Balaban J connectivity index is 3.47. The number of rotatable bonds is 2. The predicted octanol–water partition coefficient (Wildman–Crippen LogP) is 0.956. The minimum Gasteiger partial charge on any atom is -0.504 e. The molecular weight excluding hydrogens is 208 g/mol. The molecule has 1 rings (SSSR count). The molecule has 5 nitrogen and oxygen atoms in total. The molecule has 6 heteroatoms. The molecule has 0 fully saturated rings. The first-order valence-electron chi connectivity index (χ1n) is 3.71. The van der Waals surface area contributed by atoms with Gasteiger partial charge < -0.3 is 9.84 Å². The van der Waals surface area contributed by atoms with Crippen molar-refractivity contribution in [1.29, 1.82) is 0 Å². The van der Waals surface area contributed by atoms with E-state index in [1.807, 2.05) is 0 Å². The van der Waals surface area contributed by atoms with Gasteiger partial charge in [-0.05, 0) is 18.6 Å². The average molecular weight is 218 g/mol. The van der Waals surface area contributed by atoms with Crippen molar-refractivity contribution >= 4 is 10.1 Å². The lowest BCUT2D eigenvalue weighted by Crippen LogP contribution is -2.01. The molecule has 0 atom stereocenters. The summed E-state index contributed by atoms with van der Waals surface area (Å²) in [4.78, 5) is -0.271. The van der Waals surface area contributed by atoms with Crippen LogP contribution in [0.4, 0.5) is 0 Å². The van der Waals surface area contributed by atoms with Crippen LogP contribution in [0.2, 0.25) is 0 Å². The Morgan fingerprint density at radius 1 is 1.36 bits per heavy atom. The van der Waals surface area contributed by atoms with E-state index in [1.165, 1.54) is 20.1 Å². The Kier molecular flexibility index (Phi) is 2.68. The third-order valence-electron chi connectivity index (χ3n) is 1.75. The summed E-state index contributed by atoms with van der Waals surface area (Å²) in [6.45, 7) is 1.46. The fourth-order valence-corrected chi connectivity index (χ4v) is 1.82. The third kappa shape index (κ3) is 1.97. The van der Waals surface area contributed by atoms with Gasteiger partial charge in [0, 0.05) is 6.07 Å². The summed E-state index contributed by atoms with van der Waals surface area (Å²) in [6, 6.07) is 2.28. The number of aromatic hydroxyl groups is 1. The smallest absolute Gasteiger partial charge is 0.294 e. The van der Waals surface area contributed by atoms with Gasteiger partial charge in [-0.25, -0.2) is 0 Å². The van der Waals surface area contributed by atoms with Crippen LogP contribution in [0.5, 0.6) is 11.5 Å². The second-order valence-corrected chi connectivity index (χ2v) is 4.15. The van der Waals surface area contributed by atoms with Crippen LogP contribution in [0.15, 0.2) is 17.0 Å². The van der Waals surface area contributed by atoms with Crippen LogP contribution >= 0.6 is 0 Å². The summed E-state index contributed by atoms with van der Waals surface area (Å²) in [5, 5.41) is 9.28. The largest absolute Gasteiger partial charge is 0.504 e. The van der Waals surface area contributed by atoms with Crippen molar-refractivity contribution in [2.24, 2.45) is 0 Å². The molecule has 0 unspecified atom stereocenters. The van der Waals surface area contributed by atoms with Crippen molar-refractivity contribution in [2.45, 2.75) is 11.8 Å². The number of phenolic OH excluding ortho intramolecular Hbond substituents is 1. The maximum absolute atomic E-state index is 10.9. The fraction of sp³-hybridized carbons (Fsp3) is 0.250. The van der Waals surface area contributed by atoms with Gasteiger partial charge in [0.15, 0.2) is 11.5 Å². The van der Waals surface area contributed by atoms with Gasteiger partial charge in [-0.2, -0.15) is 8.42 Å². The summed E-state index contributed by atoms with van der Waals surface area (Å²) in [5.74, 6) is -0.166. The van der Waals surface area contributed by atoms with Gasteiger partial charge in [0.05, 0.1) is 7.11 Å². The van der Waals surface area contributed by atoms with Gasteiger partial charge in [-0.3, -0.25) is 4.55 Å². The van der Waals surface area contributed by atoms with Gasteiger partial charge in [-0.1, -0.05) is 0 Å². The number of hydrogen-bond acceptors (Lipinski definition) is 4. The molecule has 1 aromatic carbocycles. The minimum atomic E-state index is -4.27.